The van der Waals surface area contributed by atoms with Crippen molar-refractivity contribution in [3.05, 3.63) is 0 Å². The van der Waals surface area contributed by atoms with Gasteiger partial charge in [0.1, 0.15) is 0 Å². The van der Waals surface area contributed by atoms with Crippen LogP contribution in [-0.4, -0.2) is 0 Å². The van der Waals surface area contributed by atoms with E-state index in [4.69, 9.17) is 0 Å². The van der Waals surface area contributed by atoms with Gasteiger partial charge in [-0.2, -0.15) is 0 Å². The smallest absolute Gasteiger partial charge is 0.0326 e. The van der Waals surface area contributed by atoms with Gasteiger partial charge >= 0.3 is 0 Å². The minimum absolute atomic E-state index is 0.708. The molecule has 1 aliphatic carbocycles. The second-order valence-corrected chi connectivity index (χ2v) is 3.09. The second kappa shape index (κ2) is 0.800. The van der Waals surface area contributed by atoms with Gasteiger partial charge in [-0.15, -0.1) is 0 Å². The summed E-state index contributed by atoms with van der Waals surface area (Å²) in [4.78, 5) is 0. The van der Waals surface area contributed by atoms with E-state index in [1.54, 1.807) is 0 Å². The molecule has 0 aromatic heterocycles. The van der Waals surface area contributed by atoms with Gasteiger partial charge in [0.25, 0.3) is 0 Å². The monoisotopic (exact) mass is 84.1 g/mol. The zero-order chi connectivity index (χ0) is 4.78. The van der Waals surface area contributed by atoms with Crippen LogP contribution in [0.15, 0.2) is 0 Å². The van der Waals surface area contributed by atoms with Crippen molar-refractivity contribution in [1.29, 1.82) is 0 Å². The molecular formula is C6H12. The molecule has 0 radical (unpaired) electrons. The van der Waals surface area contributed by atoms with Crippen LogP contribution in [0.4, 0.5) is 0 Å². The summed E-state index contributed by atoms with van der Waals surface area (Å²) in [5.74, 6) is 0.998. The normalized spacial score (nSPS) is 39.5. The number of hydrogen-bond donors (Lipinski definition) is 0. The lowest BCUT2D eigenvalue weighted by Gasteiger charge is -1.91. The average Bonchev–Trinajstić information content (AvgIpc) is 1.73. The van der Waals surface area contributed by atoms with Gasteiger partial charge in [-0.05, 0) is 17.8 Å². The predicted octanol–water partition coefficient (Wildman–Crippen LogP) is 2.05. The minimum Gasteiger partial charge on any atom is -0.0620 e. The molecule has 0 nitrogen and oxygen atoms in total. The van der Waals surface area contributed by atoms with Gasteiger partial charge in [0.05, 0.1) is 0 Å². The molecule has 0 saturated heterocycles. The van der Waals surface area contributed by atoms with E-state index < -0.39 is 0 Å². The van der Waals surface area contributed by atoms with Gasteiger partial charge in [0, 0.05) is 0 Å². The topological polar surface area (TPSA) is 0 Å². The fraction of sp³-hybridized carbons (Fsp3) is 1.00. The highest BCUT2D eigenvalue weighted by Crippen LogP contribution is 2.50. The highest BCUT2D eigenvalue weighted by Gasteiger charge is 2.41. The first kappa shape index (κ1) is 4.17. The van der Waals surface area contributed by atoms with Crippen molar-refractivity contribution in [3.63, 3.8) is 0 Å². The Morgan fingerprint density at radius 2 is 1.67 bits per heavy atom. The van der Waals surface area contributed by atoms with Crippen LogP contribution in [0, 0.1) is 11.3 Å². The van der Waals surface area contributed by atoms with E-state index in [-0.39, 0.29) is 0 Å². The summed E-state index contributed by atoms with van der Waals surface area (Å²) < 4.78 is 0. The van der Waals surface area contributed by atoms with Crippen LogP contribution in [0.25, 0.3) is 0 Å². The van der Waals surface area contributed by atoms with Crippen LogP contribution < -0.4 is 0 Å². The predicted molar refractivity (Wildman–Crippen MR) is 27.6 cm³/mol. The summed E-state index contributed by atoms with van der Waals surface area (Å²) in [6.45, 7) is 6.94. The molecule has 1 aliphatic rings. The van der Waals surface area contributed by atoms with Crippen molar-refractivity contribution < 1.29 is 0 Å². The Morgan fingerprint density at radius 3 is 1.67 bits per heavy atom. The third-order valence-electron chi connectivity index (χ3n) is 2.01. The van der Waals surface area contributed by atoms with Gasteiger partial charge in [-0.3, -0.25) is 0 Å². The lowest BCUT2D eigenvalue weighted by molar-refractivity contribution is 0.586. The molecule has 1 saturated carbocycles. The Labute approximate surface area is 39.6 Å². The summed E-state index contributed by atoms with van der Waals surface area (Å²) in [6, 6.07) is 0. The maximum absolute atomic E-state index is 2.32. The van der Waals surface area contributed by atoms with E-state index in [2.05, 4.69) is 20.8 Å². The molecule has 0 aromatic carbocycles. The quantitative estimate of drug-likeness (QED) is 0.421. The zero-order valence-electron chi connectivity index (χ0n) is 4.78. The SMILES string of the molecule is C[C@@H]1CC1(C)C. The van der Waals surface area contributed by atoms with Crippen molar-refractivity contribution in [2.45, 2.75) is 27.2 Å². The van der Waals surface area contributed by atoms with Crippen LogP contribution >= 0.6 is 0 Å². The fourth-order valence-corrected chi connectivity index (χ4v) is 0.730. The molecular weight excluding hydrogens is 72.1 g/mol. The molecule has 36 valence electrons. The molecule has 0 amide bonds. The molecule has 1 atom stereocenters. The van der Waals surface area contributed by atoms with E-state index >= 15 is 0 Å². The third-order valence-corrected chi connectivity index (χ3v) is 2.01. The van der Waals surface area contributed by atoms with Crippen LogP contribution in [0.1, 0.15) is 27.2 Å². The van der Waals surface area contributed by atoms with E-state index in [0.29, 0.717) is 5.41 Å². The molecule has 0 unspecified atom stereocenters. The van der Waals surface area contributed by atoms with Gasteiger partial charge in [0.2, 0.25) is 0 Å². The Hall–Kier alpha value is 0. The standard InChI is InChI=1S/C6H12/c1-5-4-6(5,2)3/h5H,4H2,1-3H3/t5-/m1/s1. The molecule has 0 N–H and O–H groups in total. The molecule has 0 spiro atoms. The average molecular weight is 84.2 g/mol. The Morgan fingerprint density at radius 1 is 1.50 bits per heavy atom. The first-order valence-corrected chi connectivity index (χ1v) is 2.63. The summed E-state index contributed by atoms with van der Waals surface area (Å²) in [6.07, 6.45) is 1.44. The van der Waals surface area contributed by atoms with Crippen molar-refractivity contribution in [1.82, 2.24) is 0 Å². The van der Waals surface area contributed by atoms with Crippen LogP contribution in [0.2, 0.25) is 0 Å². The fourth-order valence-electron chi connectivity index (χ4n) is 0.730. The summed E-state index contributed by atoms with van der Waals surface area (Å²) >= 11 is 0. The molecule has 0 aromatic rings. The van der Waals surface area contributed by atoms with Gasteiger partial charge in [-0.1, -0.05) is 20.8 Å². The van der Waals surface area contributed by atoms with Crippen molar-refractivity contribution >= 4 is 0 Å². The summed E-state index contributed by atoms with van der Waals surface area (Å²) in [5, 5.41) is 0. The molecule has 6 heavy (non-hydrogen) atoms. The highest BCUT2D eigenvalue weighted by molar-refractivity contribution is 4.91. The summed E-state index contributed by atoms with van der Waals surface area (Å²) in [5.41, 5.74) is 0.708. The van der Waals surface area contributed by atoms with Crippen LogP contribution in [0.3, 0.4) is 0 Å². The number of hydrogen-bond acceptors (Lipinski definition) is 0. The highest BCUT2D eigenvalue weighted by atomic mass is 14.5. The van der Waals surface area contributed by atoms with Gasteiger partial charge in [0.15, 0.2) is 0 Å². The first-order valence-electron chi connectivity index (χ1n) is 2.63. The minimum atomic E-state index is 0.708. The molecule has 0 bridgehead atoms. The first-order chi connectivity index (χ1) is 2.63. The molecule has 1 rings (SSSR count). The van der Waals surface area contributed by atoms with E-state index in [1.807, 2.05) is 0 Å². The maximum Gasteiger partial charge on any atom is -0.0326 e. The second-order valence-electron chi connectivity index (χ2n) is 3.09. The van der Waals surface area contributed by atoms with Crippen LogP contribution in [0.5, 0.6) is 0 Å². The van der Waals surface area contributed by atoms with Crippen molar-refractivity contribution in [2.24, 2.45) is 11.3 Å². The molecule has 0 aliphatic heterocycles. The van der Waals surface area contributed by atoms with Crippen molar-refractivity contribution in [3.8, 4) is 0 Å². The van der Waals surface area contributed by atoms with Gasteiger partial charge < -0.3 is 0 Å². The Kier molecular flexibility index (Phi) is 0.556. The van der Waals surface area contributed by atoms with E-state index in [1.165, 1.54) is 6.42 Å². The van der Waals surface area contributed by atoms with Crippen LogP contribution in [-0.2, 0) is 0 Å². The Balaban J connectivity index is 2.41. The summed E-state index contributed by atoms with van der Waals surface area (Å²) in [7, 11) is 0. The lowest BCUT2D eigenvalue weighted by Crippen LogP contribution is -1.82. The lowest BCUT2D eigenvalue weighted by atomic mass is 10.1. The molecule has 1 fully saturated rings. The molecule has 0 heteroatoms. The van der Waals surface area contributed by atoms with Crippen molar-refractivity contribution in [2.75, 3.05) is 0 Å². The Bertz CT molecular complexity index is 62.4. The van der Waals surface area contributed by atoms with E-state index in [9.17, 15) is 0 Å². The van der Waals surface area contributed by atoms with E-state index in [0.717, 1.165) is 5.92 Å². The van der Waals surface area contributed by atoms with Gasteiger partial charge in [-0.25, -0.2) is 0 Å². The maximum atomic E-state index is 2.32. The largest absolute Gasteiger partial charge is 0.0620 e. The molecule has 0 heterocycles. The zero-order valence-corrected chi connectivity index (χ0v) is 4.78. The third kappa shape index (κ3) is 0.444. The number of rotatable bonds is 0.